The van der Waals surface area contributed by atoms with Gasteiger partial charge in [-0.15, -0.1) is 0 Å². The van der Waals surface area contributed by atoms with Crippen molar-refractivity contribution in [2.75, 3.05) is 13.6 Å². The Hall–Kier alpha value is -0.890. The maximum atomic E-state index is 2.50. The third kappa shape index (κ3) is 5.72. The molecule has 0 aromatic carbocycles. The van der Waals surface area contributed by atoms with E-state index in [4.69, 9.17) is 0 Å². The summed E-state index contributed by atoms with van der Waals surface area (Å²) in [4.78, 5) is 2.50. The average Bonchev–Trinajstić information content (AvgIpc) is 2.96. The van der Waals surface area contributed by atoms with Crippen molar-refractivity contribution in [2.45, 2.75) is 83.7 Å². The third-order valence-corrected chi connectivity index (χ3v) is 5.06. The van der Waals surface area contributed by atoms with E-state index in [1.165, 1.54) is 82.9 Å². The smallest absolute Gasteiger partial charge is 0.173 e. The van der Waals surface area contributed by atoms with Gasteiger partial charge in [-0.2, -0.15) is 0 Å². The Bertz CT molecular complexity index is 416. The molecule has 1 aliphatic heterocycles. The van der Waals surface area contributed by atoms with Crippen LogP contribution in [0.15, 0.2) is 24.5 Å². The molecule has 0 unspecified atom stereocenters. The molecule has 0 aliphatic carbocycles. The molecular formula is C20H35N2+. The van der Waals surface area contributed by atoms with Crippen molar-refractivity contribution in [3.05, 3.63) is 30.1 Å². The lowest BCUT2D eigenvalue weighted by molar-refractivity contribution is -0.697. The lowest BCUT2D eigenvalue weighted by Gasteiger charge is -2.18. The summed E-state index contributed by atoms with van der Waals surface area (Å²) in [7, 11) is 2.26. The van der Waals surface area contributed by atoms with Crippen LogP contribution in [0.1, 0.15) is 82.7 Å². The summed E-state index contributed by atoms with van der Waals surface area (Å²) in [5.74, 6) is 0. The second-order valence-electron chi connectivity index (χ2n) is 6.99. The molecule has 124 valence electrons. The van der Waals surface area contributed by atoms with Gasteiger partial charge in [0.25, 0.3) is 0 Å². The molecule has 0 spiro atoms. The van der Waals surface area contributed by atoms with Crippen LogP contribution in [0.5, 0.6) is 0 Å². The molecule has 1 aliphatic rings. The Morgan fingerprint density at radius 1 is 1.09 bits per heavy atom. The molecule has 2 nitrogen and oxygen atoms in total. The van der Waals surface area contributed by atoms with Crippen molar-refractivity contribution in [1.82, 2.24) is 4.90 Å². The van der Waals surface area contributed by atoms with E-state index in [2.05, 4.69) is 48.0 Å². The number of hydrogen-bond acceptors (Lipinski definition) is 1. The highest BCUT2D eigenvalue weighted by molar-refractivity contribution is 5.12. The predicted molar refractivity (Wildman–Crippen MR) is 93.9 cm³/mol. The lowest BCUT2D eigenvalue weighted by atomic mass is 10.1. The Kier molecular flexibility index (Phi) is 7.93. The fourth-order valence-electron chi connectivity index (χ4n) is 3.64. The van der Waals surface area contributed by atoms with Gasteiger partial charge in [-0.25, -0.2) is 4.57 Å². The molecular weight excluding hydrogens is 268 g/mol. The zero-order chi connectivity index (χ0) is 15.6. The van der Waals surface area contributed by atoms with Crippen molar-refractivity contribution in [1.29, 1.82) is 0 Å². The number of nitrogens with zero attached hydrogens (tertiary/aromatic N) is 2. The van der Waals surface area contributed by atoms with Gasteiger partial charge in [0.05, 0.1) is 0 Å². The van der Waals surface area contributed by atoms with Crippen molar-refractivity contribution < 1.29 is 4.57 Å². The number of pyridine rings is 1. The van der Waals surface area contributed by atoms with Gasteiger partial charge in [0, 0.05) is 24.1 Å². The highest BCUT2D eigenvalue weighted by Gasteiger charge is 2.24. The zero-order valence-corrected chi connectivity index (χ0v) is 14.8. The van der Waals surface area contributed by atoms with Crippen LogP contribution in [0.3, 0.4) is 0 Å². The van der Waals surface area contributed by atoms with E-state index in [1.807, 2.05) is 0 Å². The molecule has 0 N–H and O–H groups in total. The fraction of sp³-hybridized carbons (Fsp3) is 0.750. The normalized spacial score (nSPS) is 18.9. The predicted octanol–water partition coefficient (Wildman–Crippen LogP) is 4.88. The number of rotatable bonds is 10. The van der Waals surface area contributed by atoms with E-state index < -0.39 is 0 Å². The summed E-state index contributed by atoms with van der Waals surface area (Å²) in [6, 6.07) is 5.18. The van der Waals surface area contributed by atoms with E-state index >= 15 is 0 Å². The highest BCUT2D eigenvalue weighted by atomic mass is 15.1. The largest absolute Gasteiger partial charge is 0.299 e. The van der Waals surface area contributed by atoms with Crippen molar-refractivity contribution in [2.24, 2.45) is 0 Å². The van der Waals surface area contributed by atoms with Gasteiger partial charge >= 0.3 is 0 Å². The number of likely N-dealkylation sites (tertiary alicyclic amines) is 1. The van der Waals surface area contributed by atoms with E-state index in [0.29, 0.717) is 6.04 Å². The van der Waals surface area contributed by atoms with Gasteiger partial charge in [0.2, 0.25) is 0 Å². The first-order valence-electron chi connectivity index (χ1n) is 9.50. The maximum absolute atomic E-state index is 2.50. The average molecular weight is 304 g/mol. The molecule has 1 saturated heterocycles. The SMILES string of the molecule is CCCCCCCCCC[n+]1cccc([C@@H]2CCCN2C)c1. The Morgan fingerprint density at radius 2 is 1.82 bits per heavy atom. The summed E-state index contributed by atoms with van der Waals surface area (Å²) in [5, 5.41) is 0. The first-order valence-corrected chi connectivity index (χ1v) is 9.50. The van der Waals surface area contributed by atoms with Gasteiger partial charge < -0.3 is 0 Å². The molecule has 0 radical (unpaired) electrons. The molecule has 1 aromatic rings. The summed E-state index contributed by atoms with van der Waals surface area (Å²) in [5.41, 5.74) is 1.50. The van der Waals surface area contributed by atoms with Gasteiger partial charge in [0.15, 0.2) is 12.4 Å². The van der Waals surface area contributed by atoms with Crippen LogP contribution in [0.2, 0.25) is 0 Å². The minimum atomic E-state index is 0.644. The van der Waals surface area contributed by atoms with Crippen molar-refractivity contribution in [3.63, 3.8) is 0 Å². The maximum Gasteiger partial charge on any atom is 0.173 e. The van der Waals surface area contributed by atoms with Crippen LogP contribution in [-0.2, 0) is 6.54 Å². The number of hydrogen-bond donors (Lipinski definition) is 0. The topological polar surface area (TPSA) is 7.12 Å². The minimum Gasteiger partial charge on any atom is -0.299 e. The monoisotopic (exact) mass is 303 g/mol. The molecule has 2 heteroatoms. The van der Waals surface area contributed by atoms with Crippen LogP contribution in [0, 0.1) is 0 Å². The van der Waals surface area contributed by atoms with E-state index in [0.717, 1.165) is 0 Å². The van der Waals surface area contributed by atoms with Crippen LogP contribution < -0.4 is 4.57 Å². The first kappa shape index (κ1) is 17.5. The van der Waals surface area contributed by atoms with E-state index in [1.54, 1.807) is 0 Å². The summed E-state index contributed by atoms with van der Waals surface area (Å²) in [6.07, 6.45) is 18.5. The molecule has 1 fully saturated rings. The second kappa shape index (κ2) is 9.99. The standard InChI is InChI=1S/C20H35N2/c1-3-4-5-6-7-8-9-10-16-22-17-11-13-19(18-22)20-14-12-15-21(20)2/h11,13,17-18,20H,3-10,12,14-16H2,1-2H3/q+1/t20-/m0/s1. The lowest BCUT2D eigenvalue weighted by Crippen LogP contribution is -2.34. The fourth-order valence-corrected chi connectivity index (χ4v) is 3.64. The van der Waals surface area contributed by atoms with Gasteiger partial charge in [-0.3, -0.25) is 4.90 Å². The number of aromatic nitrogens is 1. The van der Waals surface area contributed by atoms with Crippen LogP contribution >= 0.6 is 0 Å². The molecule has 0 bridgehead atoms. The van der Waals surface area contributed by atoms with Gasteiger partial charge in [-0.05, 0) is 38.9 Å². The first-order chi connectivity index (χ1) is 10.8. The second-order valence-corrected chi connectivity index (χ2v) is 6.99. The van der Waals surface area contributed by atoms with Crippen LogP contribution in [0.25, 0.3) is 0 Å². The van der Waals surface area contributed by atoms with Crippen LogP contribution in [0.4, 0.5) is 0 Å². The minimum absolute atomic E-state index is 0.644. The van der Waals surface area contributed by atoms with Gasteiger partial charge in [-0.1, -0.05) is 45.4 Å². The zero-order valence-electron chi connectivity index (χ0n) is 14.8. The third-order valence-electron chi connectivity index (χ3n) is 5.06. The van der Waals surface area contributed by atoms with Crippen LogP contribution in [-0.4, -0.2) is 18.5 Å². The summed E-state index contributed by atoms with van der Waals surface area (Å²) < 4.78 is 2.40. The summed E-state index contributed by atoms with van der Waals surface area (Å²) in [6.45, 7) is 4.71. The molecule has 0 saturated carbocycles. The number of unbranched alkanes of at least 4 members (excludes halogenated alkanes) is 7. The van der Waals surface area contributed by atoms with E-state index in [9.17, 15) is 0 Å². The Balaban J connectivity index is 1.66. The molecule has 2 rings (SSSR count). The Labute approximate surface area is 137 Å². The molecule has 1 atom stereocenters. The van der Waals surface area contributed by atoms with Crippen molar-refractivity contribution in [3.8, 4) is 0 Å². The van der Waals surface area contributed by atoms with E-state index in [-0.39, 0.29) is 0 Å². The molecule has 22 heavy (non-hydrogen) atoms. The van der Waals surface area contributed by atoms with Gasteiger partial charge in [0.1, 0.15) is 6.54 Å². The molecule has 1 aromatic heterocycles. The molecule has 0 amide bonds. The Morgan fingerprint density at radius 3 is 2.50 bits per heavy atom. The van der Waals surface area contributed by atoms with Crippen molar-refractivity contribution >= 4 is 0 Å². The quantitative estimate of drug-likeness (QED) is 0.441. The highest BCUT2D eigenvalue weighted by Crippen LogP contribution is 2.29. The summed E-state index contributed by atoms with van der Waals surface area (Å²) >= 11 is 0. The number of aryl methyl sites for hydroxylation is 1. The molecule has 2 heterocycles.